The first-order valence-electron chi connectivity index (χ1n) is 10.1. The second kappa shape index (κ2) is 7.53. The van der Waals surface area contributed by atoms with Gasteiger partial charge < -0.3 is 25.5 Å². The average Bonchev–Trinajstić information content (AvgIpc) is 3.07. The minimum absolute atomic E-state index is 0.0171. The molecule has 0 saturated heterocycles. The largest absolute Gasteiger partial charge is 0.450 e. The zero-order valence-corrected chi connectivity index (χ0v) is 17.8. The maximum Gasteiger partial charge on any atom is 0.407 e. The van der Waals surface area contributed by atoms with E-state index in [4.69, 9.17) is 4.74 Å². The van der Waals surface area contributed by atoms with Crippen molar-refractivity contribution in [1.82, 2.24) is 10.3 Å². The second-order valence-corrected chi connectivity index (χ2v) is 8.34. The maximum atomic E-state index is 15.9. The molecule has 3 aromatic rings. The van der Waals surface area contributed by atoms with Gasteiger partial charge in [-0.05, 0) is 39.3 Å². The van der Waals surface area contributed by atoms with E-state index >= 15 is 8.78 Å². The molecule has 0 fully saturated rings. The van der Waals surface area contributed by atoms with Crippen molar-refractivity contribution in [3.05, 3.63) is 53.2 Å². The fraction of sp³-hybridized carbons (Fsp3) is 0.348. The van der Waals surface area contributed by atoms with E-state index in [0.717, 1.165) is 10.9 Å². The van der Waals surface area contributed by atoms with Crippen LogP contribution in [0, 0.1) is 18.6 Å². The molecule has 0 spiro atoms. The van der Waals surface area contributed by atoms with E-state index in [2.05, 4.69) is 15.6 Å². The smallest absolute Gasteiger partial charge is 0.407 e. The van der Waals surface area contributed by atoms with Gasteiger partial charge in [0.25, 0.3) is 0 Å². The lowest BCUT2D eigenvalue weighted by molar-refractivity contribution is 0.0618. The number of amides is 1. The van der Waals surface area contributed by atoms with Crippen molar-refractivity contribution >= 4 is 22.7 Å². The number of H-pyrrole nitrogens is 1. The van der Waals surface area contributed by atoms with Gasteiger partial charge in [-0.2, -0.15) is 0 Å². The van der Waals surface area contributed by atoms with Crippen LogP contribution in [-0.4, -0.2) is 34.4 Å². The Balaban J connectivity index is 1.94. The molecule has 1 aliphatic rings. The number of nitrogens with one attached hydrogen (secondary N) is 3. The van der Waals surface area contributed by atoms with Crippen molar-refractivity contribution in [1.29, 1.82) is 0 Å². The molecular weight excluding hydrogens is 404 g/mol. The van der Waals surface area contributed by atoms with Crippen molar-refractivity contribution in [2.24, 2.45) is 0 Å². The molecule has 1 aromatic heterocycles. The number of fused-ring (bicyclic) bond motifs is 2. The van der Waals surface area contributed by atoms with Crippen LogP contribution < -0.4 is 10.6 Å². The monoisotopic (exact) mass is 429 g/mol. The van der Waals surface area contributed by atoms with Crippen LogP contribution in [0.25, 0.3) is 22.0 Å². The summed E-state index contributed by atoms with van der Waals surface area (Å²) in [5.41, 5.74) is 0.901. The second-order valence-electron chi connectivity index (χ2n) is 8.34. The zero-order chi connectivity index (χ0) is 22.5. The molecule has 1 aliphatic heterocycles. The first-order chi connectivity index (χ1) is 14.7. The van der Waals surface area contributed by atoms with Gasteiger partial charge in [0.05, 0.1) is 29.3 Å². The third-order valence-corrected chi connectivity index (χ3v) is 5.82. The number of hydrogen-bond acceptors (Lipinski definition) is 4. The number of para-hydroxylation sites is 1. The molecule has 2 atom stereocenters. The normalized spacial score (nSPS) is 19.6. The Morgan fingerprint density at radius 1 is 1.32 bits per heavy atom. The zero-order valence-electron chi connectivity index (χ0n) is 17.8. The Morgan fingerprint density at radius 3 is 2.77 bits per heavy atom. The van der Waals surface area contributed by atoms with E-state index in [1.54, 1.807) is 39.1 Å². The number of benzene rings is 2. The number of aromatic nitrogens is 1. The van der Waals surface area contributed by atoms with E-state index < -0.39 is 35.4 Å². The number of aromatic amines is 1. The third-order valence-electron chi connectivity index (χ3n) is 5.82. The van der Waals surface area contributed by atoms with Crippen LogP contribution in [0.2, 0.25) is 0 Å². The van der Waals surface area contributed by atoms with Gasteiger partial charge in [0.15, 0.2) is 0 Å². The van der Waals surface area contributed by atoms with Crippen LogP contribution in [0.5, 0.6) is 0 Å². The predicted molar refractivity (Wildman–Crippen MR) is 115 cm³/mol. The van der Waals surface area contributed by atoms with Gasteiger partial charge in [-0.25, -0.2) is 13.6 Å². The summed E-state index contributed by atoms with van der Waals surface area (Å²) in [5.74, 6) is -1.59. The molecule has 0 saturated carbocycles. The molecule has 31 heavy (non-hydrogen) atoms. The van der Waals surface area contributed by atoms with Crippen LogP contribution in [0.15, 0.2) is 30.5 Å². The fourth-order valence-electron chi connectivity index (χ4n) is 4.24. The number of carbonyl (C=O) groups excluding carboxylic acids is 1. The molecule has 1 amide bonds. The van der Waals surface area contributed by atoms with Crippen molar-refractivity contribution < 1.29 is 23.4 Å². The Kier molecular flexibility index (Phi) is 5.13. The number of rotatable bonds is 3. The summed E-state index contributed by atoms with van der Waals surface area (Å²) < 4.78 is 36.1. The van der Waals surface area contributed by atoms with Gasteiger partial charge in [0.1, 0.15) is 17.7 Å². The van der Waals surface area contributed by atoms with Gasteiger partial charge in [0.2, 0.25) is 0 Å². The van der Waals surface area contributed by atoms with Crippen LogP contribution in [0.4, 0.5) is 19.3 Å². The average molecular weight is 429 g/mol. The summed E-state index contributed by atoms with van der Waals surface area (Å²) in [6, 6.07) is 5.32. The number of hydrogen-bond donors (Lipinski definition) is 4. The van der Waals surface area contributed by atoms with Crippen LogP contribution in [0.3, 0.4) is 0 Å². The maximum absolute atomic E-state index is 15.9. The van der Waals surface area contributed by atoms with Crippen molar-refractivity contribution in [2.45, 2.75) is 45.4 Å². The van der Waals surface area contributed by atoms with Crippen LogP contribution >= 0.6 is 0 Å². The fourth-order valence-corrected chi connectivity index (χ4v) is 4.24. The van der Waals surface area contributed by atoms with Gasteiger partial charge in [0, 0.05) is 28.4 Å². The number of anilines is 1. The molecule has 6 nitrogen and oxygen atoms in total. The van der Waals surface area contributed by atoms with Crippen molar-refractivity contribution in [3.8, 4) is 11.1 Å². The summed E-state index contributed by atoms with van der Waals surface area (Å²) in [5, 5.41) is 17.3. The number of aliphatic hydroxyl groups is 1. The molecule has 4 N–H and O–H groups in total. The Labute approximate surface area is 178 Å². The van der Waals surface area contributed by atoms with E-state index in [1.807, 2.05) is 13.0 Å². The van der Waals surface area contributed by atoms with Gasteiger partial charge >= 0.3 is 6.09 Å². The molecule has 2 aromatic carbocycles. The molecule has 8 heteroatoms. The van der Waals surface area contributed by atoms with E-state index in [1.165, 1.54) is 6.07 Å². The first-order valence-corrected chi connectivity index (χ1v) is 10.1. The quantitative estimate of drug-likeness (QED) is 0.483. The predicted octanol–water partition coefficient (Wildman–Crippen LogP) is 4.77. The van der Waals surface area contributed by atoms with Crippen LogP contribution in [-0.2, 0) is 4.74 Å². The number of aliphatic hydroxyl groups excluding tert-OH is 1. The summed E-state index contributed by atoms with van der Waals surface area (Å²) in [6.07, 6.45) is -0.204. The van der Waals surface area contributed by atoms with Gasteiger partial charge in [-0.15, -0.1) is 0 Å². The Morgan fingerprint density at radius 2 is 2.06 bits per heavy atom. The highest BCUT2D eigenvalue weighted by atomic mass is 19.1. The lowest BCUT2D eigenvalue weighted by atomic mass is 9.81. The minimum Gasteiger partial charge on any atom is -0.450 e. The van der Waals surface area contributed by atoms with Gasteiger partial charge in [-0.3, -0.25) is 0 Å². The number of halogens is 2. The molecule has 4 rings (SSSR count). The number of carbonyl (C=O) groups is 1. The molecule has 0 unspecified atom stereocenters. The first kappa shape index (κ1) is 21.1. The highest BCUT2D eigenvalue weighted by molar-refractivity contribution is 5.96. The van der Waals surface area contributed by atoms with E-state index in [9.17, 15) is 9.90 Å². The SMILES string of the molecule is CCOC(=O)N[C@@H]1c2c(cc(F)c(-c3cccc4c(C)c[nH]c34)c2F)NC(C)(C)[C@H]1O. The minimum atomic E-state index is -1.19. The standard InChI is InChI=1S/C23H25F2N3O3/c1-5-31-22(30)27-20-17-15(28-23(3,4)21(20)29)9-14(24)16(18(17)25)13-8-6-7-12-11(2)10-26-19(12)13/h6-10,20-21,26,28-29H,5H2,1-4H3,(H,27,30)/t20-,21+/m1/s1. The van der Waals surface area contributed by atoms with E-state index in [-0.39, 0.29) is 23.4 Å². The topological polar surface area (TPSA) is 86.4 Å². The summed E-state index contributed by atoms with van der Waals surface area (Å²) >= 11 is 0. The van der Waals surface area contributed by atoms with Crippen molar-refractivity contribution in [2.75, 3.05) is 11.9 Å². The highest BCUT2D eigenvalue weighted by Gasteiger charge is 2.44. The number of alkyl carbamates (subject to hydrolysis) is 1. The Bertz CT molecular complexity index is 1170. The van der Waals surface area contributed by atoms with Crippen molar-refractivity contribution in [3.63, 3.8) is 0 Å². The third kappa shape index (κ3) is 3.40. The number of ether oxygens (including phenoxy) is 1. The molecule has 0 radical (unpaired) electrons. The summed E-state index contributed by atoms with van der Waals surface area (Å²) in [4.78, 5) is 15.2. The summed E-state index contributed by atoms with van der Waals surface area (Å²) in [6.45, 7) is 7.04. The Hall–Kier alpha value is -3.13. The van der Waals surface area contributed by atoms with Crippen LogP contribution in [0.1, 0.15) is 37.9 Å². The number of aryl methyl sites for hydroxylation is 1. The molecule has 0 bridgehead atoms. The summed E-state index contributed by atoms with van der Waals surface area (Å²) in [7, 11) is 0. The molecule has 0 aliphatic carbocycles. The molecule has 2 heterocycles. The molecular formula is C23H25F2N3O3. The molecule has 164 valence electrons. The van der Waals surface area contributed by atoms with E-state index in [0.29, 0.717) is 11.1 Å². The van der Waals surface area contributed by atoms with Gasteiger partial charge in [-0.1, -0.05) is 18.2 Å². The highest BCUT2D eigenvalue weighted by Crippen LogP contribution is 2.44. The lowest BCUT2D eigenvalue weighted by Crippen LogP contribution is -2.55. The lowest BCUT2D eigenvalue weighted by Gasteiger charge is -2.43.